The third kappa shape index (κ3) is 6.47. The average molecular weight is 496 g/mol. The molecule has 1 aliphatic rings. The van der Waals surface area contributed by atoms with Crippen molar-refractivity contribution in [3.63, 3.8) is 0 Å². The van der Waals surface area contributed by atoms with Gasteiger partial charge < -0.3 is 18.8 Å². The lowest BCUT2D eigenvalue weighted by molar-refractivity contribution is -0.228. The zero-order valence-electron chi connectivity index (χ0n) is 17.4. The number of hydrogen-bond acceptors (Lipinski definition) is 4. The first-order valence-corrected chi connectivity index (χ1v) is 11.8. The van der Waals surface area contributed by atoms with Gasteiger partial charge in [0.05, 0.1) is 25.6 Å². The van der Waals surface area contributed by atoms with E-state index in [1.165, 1.54) is 0 Å². The van der Waals surface area contributed by atoms with Crippen LogP contribution in [0.4, 0.5) is 0 Å². The number of halogens is 3. The lowest BCUT2D eigenvalue weighted by Crippen LogP contribution is -2.34. The zero-order valence-corrected chi connectivity index (χ0v) is 19.7. The third-order valence-electron chi connectivity index (χ3n) is 5.35. The van der Waals surface area contributed by atoms with Crippen LogP contribution in [-0.4, -0.2) is 28.6 Å². The molecular weight excluding hydrogens is 471 g/mol. The van der Waals surface area contributed by atoms with Gasteiger partial charge in [0.25, 0.3) is 0 Å². The summed E-state index contributed by atoms with van der Waals surface area (Å²) in [7, 11) is 0. The Morgan fingerprint density at radius 3 is 2.44 bits per heavy atom. The highest BCUT2D eigenvalue weighted by molar-refractivity contribution is 6.30. The topological polar surface area (TPSA) is 45.5 Å². The predicted octanol–water partition coefficient (Wildman–Crippen LogP) is 6.80. The van der Waals surface area contributed by atoms with Crippen molar-refractivity contribution in [2.75, 3.05) is 6.61 Å². The van der Waals surface area contributed by atoms with Crippen molar-refractivity contribution in [2.24, 2.45) is 0 Å². The van der Waals surface area contributed by atoms with E-state index in [4.69, 9.17) is 49.0 Å². The molecule has 32 heavy (non-hydrogen) atoms. The molecule has 5 nitrogen and oxygen atoms in total. The molecule has 1 fully saturated rings. The second kappa shape index (κ2) is 11.5. The van der Waals surface area contributed by atoms with Crippen molar-refractivity contribution in [2.45, 2.75) is 49.9 Å². The molecule has 2 heterocycles. The van der Waals surface area contributed by atoms with Crippen molar-refractivity contribution in [1.82, 2.24) is 9.55 Å². The molecular formula is C24H25Cl3N2O3. The van der Waals surface area contributed by atoms with E-state index in [0.717, 1.165) is 30.4 Å². The summed E-state index contributed by atoms with van der Waals surface area (Å²) in [5, 5.41) is 1.38. The van der Waals surface area contributed by atoms with Crippen LogP contribution in [0.15, 0.2) is 67.3 Å². The van der Waals surface area contributed by atoms with Gasteiger partial charge in [0.1, 0.15) is 11.6 Å². The summed E-state index contributed by atoms with van der Waals surface area (Å²) < 4.78 is 20.3. The van der Waals surface area contributed by atoms with Crippen LogP contribution in [0.3, 0.4) is 0 Å². The molecule has 0 spiro atoms. The second-order valence-corrected chi connectivity index (χ2v) is 9.07. The van der Waals surface area contributed by atoms with Gasteiger partial charge >= 0.3 is 0 Å². The Bertz CT molecular complexity index is 952. The molecule has 0 amide bonds. The Balaban J connectivity index is 1.37. The maximum Gasteiger partial charge on any atom is 0.159 e. The van der Waals surface area contributed by atoms with Crippen LogP contribution in [0.5, 0.6) is 0 Å². The van der Waals surface area contributed by atoms with Crippen LogP contribution < -0.4 is 0 Å². The normalized spacial score (nSPS) is 20.7. The van der Waals surface area contributed by atoms with Crippen molar-refractivity contribution in [1.29, 1.82) is 0 Å². The minimum Gasteiger partial charge on any atom is -0.374 e. The summed E-state index contributed by atoms with van der Waals surface area (Å²) in [5.41, 5.74) is 1.52. The van der Waals surface area contributed by atoms with Gasteiger partial charge in [-0.2, -0.15) is 0 Å². The molecule has 170 valence electrons. The van der Waals surface area contributed by atoms with E-state index in [9.17, 15) is 0 Å². The van der Waals surface area contributed by atoms with E-state index in [0.29, 0.717) is 23.3 Å². The molecule has 4 rings (SSSR count). The Morgan fingerprint density at radius 2 is 1.75 bits per heavy atom. The Morgan fingerprint density at radius 1 is 1.03 bits per heavy atom. The first kappa shape index (κ1) is 23.6. The molecule has 3 aromatic rings. The molecule has 0 radical (unpaired) electrons. The molecule has 1 saturated heterocycles. The molecule has 1 aromatic heterocycles. The summed E-state index contributed by atoms with van der Waals surface area (Å²) in [6.45, 7) is 1.01. The van der Waals surface area contributed by atoms with E-state index in [1.54, 1.807) is 12.5 Å². The molecule has 8 heteroatoms. The van der Waals surface area contributed by atoms with Crippen LogP contribution in [0.1, 0.15) is 42.0 Å². The summed E-state index contributed by atoms with van der Waals surface area (Å²) in [4.78, 5) is 4.10. The van der Waals surface area contributed by atoms with Gasteiger partial charge in [-0.1, -0.05) is 59.1 Å². The van der Waals surface area contributed by atoms with E-state index in [1.807, 2.05) is 59.3 Å². The van der Waals surface area contributed by atoms with Crippen LogP contribution in [0.2, 0.25) is 10.0 Å². The molecule has 2 aromatic carbocycles. The van der Waals surface area contributed by atoms with Crippen LogP contribution >= 0.6 is 34.8 Å². The lowest BCUT2D eigenvalue weighted by Gasteiger charge is -2.34. The first-order valence-electron chi connectivity index (χ1n) is 10.6. The number of rotatable bonds is 9. The molecule has 4 atom stereocenters. The minimum atomic E-state index is -0.483. The fourth-order valence-electron chi connectivity index (χ4n) is 3.66. The van der Waals surface area contributed by atoms with Gasteiger partial charge in [-0.05, 0) is 54.7 Å². The van der Waals surface area contributed by atoms with Gasteiger partial charge in [-0.15, -0.1) is 0 Å². The average Bonchev–Trinajstić information content (AvgIpc) is 3.35. The molecule has 0 N–H and O–H groups in total. The number of benzene rings is 2. The zero-order chi connectivity index (χ0) is 22.3. The van der Waals surface area contributed by atoms with E-state index in [2.05, 4.69) is 4.98 Å². The number of nitrogens with zero attached hydrogens (tertiary/aromatic N) is 2. The molecule has 1 aliphatic heterocycles. The SMILES string of the molecule is Clc1ccc(COCC2CCCC(OC(c3ccc(Cl)cc3)C(Cl)n3ccnc3)O2)cc1. The molecule has 0 saturated carbocycles. The molecule has 0 aliphatic carbocycles. The standard InChI is InChI=1S/C24H25Cl3N2O3/c25-19-8-4-17(5-9-19)14-30-15-21-2-1-3-22(31-21)32-23(18-6-10-20(26)11-7-18)24(27)29-13-12-28-16-29/h4-13,16,21-24H,1-3,14-15H2. The van der Waals surface area contributed by atoms with Crippen LogP contribution in [-0.2, 0) is 20.8 Å². The van der Waals surface area contributed by atoms with E-state index in [-0.39, 0.29) is 12.4 Å². The fourth-order valence-corrected chi connectivity index (χ4v) is 4.24. The number of alkyl halides is 1. The second-order valence-electron chi connectivity index (χ2n) is 7.75. The van der Waals surface area contributed by atoms with Crippen molar-refractivity contribution in [3.05, 3.63) is 88.4 Å². The minimum absolute atomic E-state index is 0.0334. The summed E-state index contributed by atoms with van der Waals surface area (Å²) >= 11 is 18.8. The van der Waals surface area contributed by atoms with Crippen molar-refractivity contribution < 1.29 is 14.2 Å². The highest BCUT2D eigenvalue weighted by Crippen LogP contribution is 2.37. The summed E-state index contributed by atoms with van der Waals surface area (Å²) in [6, 6.07) is 15.2. The molecule has 0 bridgehead atoms. The first-order chi connectivity index (χ1) is 15.6. The summed E-state index contributed by atoms with van der Waals surface area (Å²) in [5.74, 6) is 0. The number of ether oxygens (including phenoxy) is 3. The van der Waals surface area contributed by atoms with Gasteiger partial charge in [-0.25, -0.2) is 4.98 Å². The Kier molecular flexibility index (Phi) is 8.47. The monoisotopic (exact) mass is 494 g/mol. The quantitative estimate of drug-likeness (QED) is 0.306. The van der Waals surface area contributed by atoms with Gasteiger partial charge in [-0.3, -0.25) is 0 Å². The van der Waals surface area contributed by atoms with Crippen molar-refractivity contribution >= 4 is 34.8 Å². The maximum atomic E-state index is 6.78. The maximum absolute atomic E-state index is 6.78. The predicted molar refractivity (Wildman–Crippen MR) is 126 cm³/mol. The third-order valence-corrected chi connectivity index (χ3v) is 6.31. The smallest absolute Gasteiger partial charge is 0.159 e. The number of hydrogen-bond donors (Lipinski definition) is 0. The van der Waals surface area contributed by atoms with Crippen LogP contribution in [0, 0.1) is 0 Å². The van der Waals surface area contributed by atoms with Crippen molar-refractivity contribution in [3.8, 4) is 0 Å². The highest BCUT2D eigenvalue weighted by atomic mass is 35.5. The highest BCUT2D eigenvalue weighted by Gasteiger charge is 2.30. The van der Waals surface area contributed by atoms with Gasteiger partial charge in [0.2, 0.25) is 0 Å². The number of aromatic nitrogens is 2. The van der Waals surface area contributed by atoms with Gasteiger partial charge in [0, 0.05) is 22.4 Å². The molecule has 4 unspecified atom stereocenters. The van der Waals surface area contributed by atoms with Crippen LogP contribution in [0.25, 0.3) is 0 Å². The summed E-state index contributed by atoms with van der Waals surface area (Å²) in [6.07, 6.45) is 7.07. The lowest BCUT2D eigenvalue weighted by atomic mass is 10.1. The Hall–Kier alpha value is -1.60. The van der Waals surface area contributed by atoms with E-state index >= 15 is 0 Å². The fraction of sp³-hybridized carbons (Fsp3) is 0.375. The van der Waals surface area contributed by atoms with E-state index < -0.39 is 11.6 Å². The Labute approximate surface area is 203 Å². The number of imidazole rings is 1. The largest absolute Gasteiger partial charge is 0.374 e. The van der Waals surface area contributed by atoms with Gasteiger partial charge in [0.15, 0.2) is 6.29 Å².